The fourth-order valence-corrected chi connectivity index (χ4v) is 1.46. The van der Waals surface area contributed by atoms with E-state index < -0.39 is 5.97 Å². The van der Waals surface area contributed by atoms with Crippen molar-refractivity contribution in [1.82, 2.24) is 9.78 Å². The Hall–Kier alpha value is -1.56. The largest absolute Gasteiger partial charge is 0.477 e. The predicted octanol–water partition coefficient (Wildman–Crippen LogP) is 0.204. The molecule has 0 spiro atoms. The maximum absolute atomic E-state index is 11.0. The second-order valence-electron chi connectivity index (χ2n) is 3.47. The van der Waals surface area contributed by atoms with Crippen LogP contribution in [0.25, 0.3) is 0 Å². The van der Waals surface area contributed by atoms with Crippen molar-refractivity contribution >= 4 is 5.97 Å². The number of rotatable bonds is 3. The lowest BCUT2D eigenvalue weighted by molar-refractivity contribution is -0.0828. The summed E-state index contributed by atoms with van der Waals surface area (Å²) >= 11 is 0. The van der Waals surface area contributed by atoms with Crippen LogP contribution < -0.4 is 4.74 Å². The van der Waals surface area contributed by atoms with E-state index in [4.69, 9.17) is 14.6 Å². The number of nitrogens with zero attached hydrogens (tertiary/aromatic N) is 2. The van der Waals surface area contributed by atoms with Gasteiger partial charge in [0.1, 0.15) is 11.7 Å². The van der Waals surface area contributed by atoms with E-state index in [0.717, 1.165) is 0 Å². The number of hydrogen-bond acceptors (Lipinski definition) is 4. The van der Waals surface area contributed by atoms with Crippen molar-refractivity contribution < 1.29 is 19.4 Å². The average Bonchev–Trinajstić information content (AvgIpc) is 2.33. The van der Waals surface area contributed by atoms with Crippen LogP contribution >= 0.6 is 0 Å². The Kier molecular flexibility index (Phi) is 2.36. The number of aromatic carboxylic acids is 1. The molecule has 1 aromatic heterocycles. The third-order valence-corrected chi connectivity index (χ3v) is 2.27. The number of aromatic nitrogens is 2. The number of carbonyl (C=O) groups is 1. The van der Waals surface area contributed by atoms with Gasteiger partial charge in [-0.15, -0.1) is 0 Å². The quantitative estimate of drug-likeness (QED) is 0.775. The first kappa shape index (κ1) is 9.97. The SMILES string of the molecule is Cc1nn(C)c(OC2COC2)c1C(=O)O. The smallest absolute Gasteiger partial charge is 0.343 e. The van der Waals surface area contributed by atoms with Gasteiger partial charge in [-0.25, -0.2) is 9.48 Å². The molecule has 1 aliphatic rings. The van der Waals surface area contributed by atoms with Crippen LogP contribution in [-0.2, 0) is 11.8 Å². The molecule has 0 aliphatic carbocycles. The monoisotopic (exact) mass is 212 g/mol. The summed E-state index contributed by atoms with van der Waals surface area (Å²) in [7, 11) is 1.66. The highest BCUT2D eigenvalue weighted by molar-refractivity contribution is 5.91. The standard InChI is InChI=1S/C9H12N2O4/c1-5-7(9(12)13)8(11(2)10-5)15-6-3-14-4-6/h6H,3-4H2,1-2H3,(H,12,13). The minimum Gasteiger partial charge on any atom is -0.477 e. The van der Waals surface area contributed by atoms with Crippen LogP contribution in [0, 0.1) is 6.92 Å². The van der Waals surface area contributed by atoms with Gasteiger partial charge in [0.2, 0.25) is 5.88 Å². The number of carboxylic acid groups (broad SMARTS) is 1. The molecular weight excluding hydrogens is 200 g/mol. The maximum Gasteiger partial charge on any atom is 0.343 e. The first-order valence-electron chi connectivity index (χ1n) is 4.61. The van der Waals surface area contributed by atoms with Gasteiger partial charge in [0, 0.05) is 7.05 Å². The fourth-order valence-electron chi connectivity index (χ4n) is 1.46. The molecule has 1 N–H and O–H groups in total. The summed E-state index contributed by atoms with van der Waals surface area (Å²) in [5.74, 6) is -0.718. The first-order chi connectivity index (χ1) is 7.09. The van der Waals surface area contributed by atoms with Gasteiger partial charge < -0.3 is 14.6 Å². The highest BCUT2D eigenvalue weighted by Crippen LogP contribution is 2.23. The molecule has 0 saturated carbocycles. The Balaban J connectivity index is 2.30. The van der Waals surface area contributed by atoms with E-state index in [9.17, 15) is 4.79 Å². The van der Waals surface area contributed by atoms with E-state index in [2.05, 4.69) is 5.10 Å². The fraction of sp³-hybridized carbons (Fsp3) is 0.556. The van der Waals surface area contributed by atoms with Crippen molar-refractivity contribution in [2.24, 2.45) is 7.05 Å². The second-order valence-corrected chi connectivity index (χ2v) is 3.47. The Morgan fingerprint density at radius 1 is 1.67 bits per heavy atom. The van der Waals surface area contributed by atoms with Crippen LogP contribution in [0.5, 0.6) is 5.88 Å². The molecule has 0 amide bonds. The lowest BCUT2D eigenvalue weighted by Crippen LogP contribution is -2.39. The molecule has 2 heterocycles. The molecule has 0 aromatic carbocycles. The van der Waals surface area contributed by atoms with Gasteiger partial charge in [0.25, 0.3) is 0 Å². The predicted molar refractivity (Wildman–Crippen MR) is 50.1 cm³/mol. The Labute approximate surface area is 86.4 Å². The maximum atomic E-state index is 11.0. The Bertz CT molecular complexity index is 395. The normalized spacial score (nSPS) is 16.1. The summed E-state index contributed by atoms with van der Waals surface area (Å²) in [6.07, 6.45) is -0.0575. The summed E-state index contributed by atoms with van der Waals surface area (Å²) in [6, 6.07) is 0. The average molecular weight is 212 g/mol. The molecule has 1 saturated heterocycles. The molecule has 0 bridgehead atoms. The summed E-state index contributed by atoms with van der Waals surface area (Å²) in [6.45, 7) is 2.65. The van der Waals surface area contributed by atoms with Crippen LogP contribution in [0.4, 0.5) is 0 Å². The molecule has 6 heteroatoms. The molecule has 0 radical (unpaired) electrons. The van der Waals surface area contributed by atoms with Crippen molar-refractivity contribution in [2.75, 3.05) is 13.2 Å². The van der Waals surface area contributed by atoms with Crippen molar-refractivity contribution in [2.45, 2.75) is 13.0 Å². The molecule has 82 valence electrons. The van der Waals surface area contributed by atoms with Crippen LogP contribution in [-0.4, -0.2) is 40.2 Å². The highest BCUT2D eigenvalue weighted by Gasteiger charge is 2.27. The Morgan fingerprint density at radius 2 is 2.33 bits per heavy atom. The zero-order valence-corrected chi connectivity index (χ0v) is 8.56. The highest BCUT2D eigenvalue weighted by atomic mass is 16.6. The third kappa shape index (κ3) is 1.68. The van der Waals surface area contributed by atoms with Gasteiger partial charge in [-0.2, -0.15) is 5.10 Å². The molecule has 1 fully saturated rings. The molecule has 1 aliphatic heterocycles. The van der Waals surface area contributed by atoms with E-state index in [1.807, 2.05) is 0 Å². The zero-order valence-electron chi connectivity index (χ0n) is 8.56. The molecule has 0 atom stereocenters. The van der Waals surface area contributed by atoms with Crippen LogP contribution in [0.3, 0.4) is 0 Å². The summed E-state index contributed by atoms with van der Waals surface area (Å²) in [5, 5.41) is 13.0. The minimum atomic E-state index is -1.02. The lowest BCUT2D eigenvalue weighted by atomic mass is 10.2. The summed E-state index contributed by atoms with van der Waals surface area (Å²) < 4.78 is 11.9. The number of ether oxygens (including phenoxy) is 2. The number of carboxylic acids is 1. The van der Waals surface area contributed by atoms with Crippen LogP contribution in [0.15, 0.2) is 0 Å². The van der Waals surface area contributed by atoms with Crippen LogP contribution in [0.1, 0.15) is 16.1 Å². The van der Waals surface area contributed by atoms with Gasteiger partial charge in [-0.3, -0.25) is 0 Å². The molecule has 15 heavy (non-hydrogen) atoms. The first-order valence-corrected chi connectivity index (χ1v) is 4.61. The van der Waals surface area contributed by atoms with Crippen molar-refractivity contribution in [3.63, 3.8) is 0 Å². The molecule has 2 rings (SSSR count). The van der Waals surface area contributed by atoms with Gasteiger partial charge in [-0.1, -0.05) is 0 Å². The Morgan fingerprint density at radius 3 is 2.80 bits per heavy atom. The van der Waals surface area contributed by atoms with E-state index in [1.165, 1.54) is 4.68 Å². The second kappa shape index (κ2) is 3.54. The lowest BCUT2D eigenvalue weighted by Gasteiger charge is -2.26. The van der Waals surface area contributed by atoms with E-state index in [-0.39, 0.29) is 11.7 Å². The van der Waals surface area contributed by atoms with Gasteiger partial charge in [-0.05, 0) is 6.92 Å². The zero-order chi connectivity index (χ0) is 11.0. The minimum absolute atomic E-state index is 0.0575. The van der Waals surface area contributed by atoms with Gasteiger partial charge in [0.05, 0.1) is 18.9 Å². The number of aryl methyl sites for hydroxylation is 2. The third-order valence-electron chi connectivity index (χ3n) is 2.27. The van der Waals surface area contributed by atoms with E-state index in [1.54, 1.807) is 14.0 Å². The molecule has 6 nitrogen and oxygen atoms in total. The number of hydrogen-bond donors (Lipinski definition) is 1. The topological polar surface area (TPSA) is 73.6 Å². The van der Waals surface area contributed by atoms with Crippen molar-refractivity contribution in [3.8, 4) is 5.88 Å². The van der Waals surface area contributed by atoms with Gasteiger partial charge in [0.15, 0.2) is 0 Å². The molecular formula is C9H12N2O4. The summed E-state index contributed by atoms with van der Waals surface area (Å²) in [4.78, 5) is 11.0. The van der Waals surface area contributed by atoms with E-state index >= 15 is 0 Å². The molecule has 0 unspecified atom stereocenters. The van der Waals surface area contributed by atoms with E-state index in [0.29, 0.717) is 24.8 Å². The van der Waals surface area contributed by atoms with Crippen molar-refractivity contribution in [3.05, 3.63) is 11.3 Å². The molecule has 1 aromatic rings. The van der Waals surface area contributed by atoms with Crippen molar-refractivity contribution in [1.29, 1.82) is 0 Å². The van der Waals surface area contributed by atoms with Gasteiger partial charge >= 0.3 is 5.97 Å². The summed E-state index contributed by atoms with van der Waals surface area (Å²) in [5.41, 5.74) is 0.588. The van der Waals surface area contributed by atoms with Crippen LogP contribution in [0.2, 0.25) is 0 Å².